The number of hydrogen-bond acceptors (Lipinski definition) is 5. The van der Waals surface area contributed by atoms with Crippen LogP contribution in [0.25, 0.3) is 0 Å². The first-order chi connectivity index (χ1) is 11.3. The molecule has 1 aliphatic rings. The normalized spacial score (nSPS) is 15.5. The highest BCUT2D eigenvalue weighted by atomic mass is 32.2. The third kappa shape index (κ3) is 4.78. The van der Waals surface area contributed by atoms with E-state index in [1.807, 2.05) is 0 Å². The fourth-order valence-corrected chi connectivity index (χ4v) is 5.54. The number of carboxylic acid groups (broad SMARTS) is 1. The van der Waals surface area contributed by atoms with Crippen molar-refractivity contribution in [1.29, 1.82) is 0 Å². The number of carbonyl (C=O) groups is 2. The molecule has 0 radical (unpaired) electrons. The summed E-state index contributed by atoms with van der Waals surface area (Å²) in [5.74, 6) is -1.03. The van der Waals surface area contributed by atoms with Gasteiger partial charge in [-0.25, -0.2) is 8.42 Å². The molecule has 24 heavy (non-hydrogen) atoms. The minimum absolute atomic E-state index is 0.0227. The van der Waals surface area contributed by atoms with Gasteiger partial charge in [-0.05, 0) is 31.4 Å². The van der Waals surface area contributed by atoms with Gasteiger partial charge >= 0.3 is 5.97 Å². The number of amides is 1. The highest BCUT2D eigenvalue weighted by molar-refractivity contribution is 7.91. The number of carboxylic acids is 1. The molecule has 1 fully saturated rings. The van der Waals surface area contributed by atoms with Gasteiger partial charge in [0.1, 0.15) is 4.21 Å². The van der Waals surface area contributed by atoms with Crippen LogP contribution in [0.1, 0.15) is 30.6 Å². The maximum absolute atomic E-state index is 12.5. The third-order valence-corrected chi connectivity index (χ3v) is 7.38. The molecule has 2 rings (SSSR count). The smallest absolute Gasteiger partial charge is 0.303 e. The maximum atomic E-state index is 12.5. The molecule has 1 saturated heterocycles. The molecule has 7 nitrogen and oxygen atoms in total. The Labute approximate surface area is 145 Å². The molecule has 0 bridgehead atoms. The van der Waals surface area contributed by atoms with Gasteiger partial charge in [-0.2, -0.15) is 4.31 Å². The third-order valence-electron chi connectivity index (χ3n) is 3.93. The zero-order valence-corrected chi connectivity index (χ0v) is 15.2. The van der Waals surface area contributed by atoms with Crippen LogP contribution in [0, 0.1) is 0 Å². The Bertz CT molecular complexity index is 692. The van der Waals surface area contributed by atoms with E-state index in [4.69, 9.17) is 5.11 Å². The molecule has 0 unspecified atom stereocenters. The van der Waals surface area contributed by atoms with Crippen molar-refractivity contribution in [2.24, 2.45) is 0 Å². The van der Waals surface area contributed by atoms with E-state index in [0.717, 1.165) is 24.2 Å². The standard InChI is InChI=1S/C15H22N2O5S2/c1-16(8-4-5-14(19)20)13(18)11-12-6-7-15(23-12)24(21,22)17-9-2-3-10-17/h6-7H,2-5,8-11H2,1H3,(H,19,20). The molecule has 0 atom stereocenters. The van der Waals surface area contributed by atoms with Crippen molar-refractivity contribution in [3.63, 3.8) is 0 Å². The van der Waals surface area contributed by atoms with Crippen molar-refractivity contribution in [3.05, 3.63) is 17.0 Å². The average molecular weight is 374 g/mol. The lowest BCUT2D eigenvalue weighted by atomic mass is 10.2. The van der Waals surface area contributed by atoms with Gasteiger partial charge in [-0.1, -0.05) is 0 Å². The Balaban J connectivity index is 1.93. The topological polar surface area (TPSA) is 95.0 Å². The summed E-state index contributed by atoms with van der Waals surface area (Å²) in [5.41, 5.74) is 0. The van der Waals surface area contributed by atoms with Crippen LogP contribution in [0.2, 0.25) is 0 Å². The number of likely N-dealkylation sites (N-methyl/N-ethyl adjacent to an activating group) is 1. The summed E-state index contributed by atoms with van der Waals surface area (Å²) >= 11 is 1.13. The van der Waals surface area contributed by atoms with E-state index in [0.29, 0.717) is 30.9 Å². The number of hydrogen-bond donors (Lipinski definition) is 1. The molecule has 9 heteroatoms. The monoisotopic (exact) mass is 374 g/mol. The summed E-state index contributed by atoms with van der Waals surface area (Å²) in [6.45, 7) is 1.48. The summed E-state index contributed by atoms with van der Waals surface area (Å²) in [7, 11) is -1.81. The van der Waals surface area contributed by atoms with Gasteiger partial charge < -0.3 is 10.0 Å². The van der Waals surface area contributed by atoms with Crippen molar-refractivity contribution in [1.82, 2.24) is 9.21 Å². The van der Waals surface area contributed by atoms with Crippen molar-refractivity contribution in [2.45, 2.75) is 36.3 Å². The van der Waals surface area contributed by atoms with Crippen molar-refractivity contribution in [2.75, 3.05) is 26.7 Å². The van der Waals surface area contributed by atoms with Crippen molar-refractivity contribution < 1.29 is 23.1 Å². The SMILES string of the molecule is CN(CCCC(=O)O)C(=O)Cc1ccc(S(=O)(=O)N2CCCC2)s1. The summed E-state index contributed by atoms with van der Waals surface area (Å²) in [6.07, 6.45) is 2.32. The quantitative estimate of drug-likeness (QED) is 0.742. The first-order valence-corrected chi connectivity index (χ1v) is 10.1. The molecular weight excluding hydrogens is 352 g/mol. The molecule has 1 aliphatic heterocycles. The van der Waals surface area contributed by atoms with Crippen molar-refractivity contribution in [3.8, 4) is 0 Å². The molecule has 0 spiro atoms. The summed E-state index contributed by atoms with van der Waals surface area (Å²) in [4.78, 5) is 24.8. The summed E-state index contributed by atoms with van der Waals surface area (Å²) in [6, 6.07) is 3.24. The van der Waals surface area contributed by atoms with E-state index in [1.54, 1.807) is 19.2 Å². The molecule has 0 saturated carbocycles. The van der Waals surface area contributed by atoms with E-state index >= 15 is 0 Å². The van der Waals surface area contributed by atoms with Crippen LogP contribution >= 0.6 is 11.3 Å². The van der Waals surface area contributed by atoms with Gasteiger partial charge in [0.25, 0.3) is 10.0 Å². The van der Waals surface area contributed by atoms with Crippen LogP contribution in [-0.2, 0) is 26.0 Å². The van der Waals surface area contributed by atoms with Gasteiger partial charge in [0.05, 0.1) is 6.42 Å². The van der Waals surface area contributed by atoms with Gasteiger partial charge in [0.2, 0.25) is 5.91 Å². The van der Waals surface area contributed by atoms with E-state index < -0.39 is 16.0 Å². The molecule has 2 heterocycles. The second-order valence-electron chi connectivity index (χ2n) is 5.82. The molecule has 1 amide bonds. The molecular formula is C15H22N2O5S2. The lowest BCUT2D eigenvalue weighted by molar-refractivity contribution is -0.138. The Morgan fingerprint density at radius 3 is 2.58 bits per heavy atom. The van der Waals surface area contributed by atoms with Gasteiger partial charge in [0, 0.05) is 38.0 Å². The molecule has 1 aromatic heterocycles. The van der Waals surface area contributed by atoms with Crippen LogP contribution in [0.15, 0.2) is 16.3 Å². The van der Waals surface area contributed by atoms with E-state index in [-0.39, 0.29) is 23.0 Å². The minimum Gasteiger partial charge on any atom is -0.481 e. The molecule has 134 valence electrons. The Morgan fingerprint density at radius 2 is 1.96 bits per heavy atom. The lowest BCUT2D eigenvalue weighted by Gasteiger charge is -2.16. The average Bonchev–Trinajstić information content (AvgIpc) is 3.18. The van der Waals surface area contributed by atoms with Gasteiger partial charge in [0.15, 0.2) is 0 Å². The van der Waals surface area contributed by atoms with Crippen LogP contribution in [-0.4, -0.2) is 61.3 Å². The zero-order chi connectivity index (χ0) is 17.7. The van der Waals surface area contributed by atoms with Gasteiger partial charge in [-0.15, -0.1) is 11.3 Å². The van der Waals surface area contributed by atoms with E-state index in [2.05, 4.69) is 0 Å². The predicted octanol–water partition coefficient (Wildman–Crippen LogP) is 1.40. The fraction of sp³-hybridized carbons (Fsp3) is 0.600. The van der Waals surface area contributed by atoms with Gasteiger partial charge in [-0.3, -0.25) is 9.59 Å². The molecule has 1 N–H and O–H groups in total. The fourth-order valence-electron chi connectivity index (χ4n) is 2.52. The Morgan fingerprint density at radius 1 is 1.29 bits per heavy atom. The lowest BCUT2D eigenvalue weighted by Crippen LogP contribution is -2.29. The first kappa shape index (κ1) is 18.9. The molecule has 1 aromatic rings. The number of thiophene rings is 1. The number of nitrogens with zero attached hydrogens (tertiary/aromatic N) is 2. The van der Waals surface area contributed by atoms with E-state index in [1.165, 1.54) is 9.21 Å². The number of carbonyl (C=O) groups excluding carboxylic acids is 1. The van der Waals surface area contributed by atoms with Crippen LogP contribution in [0.4, 0.5) is 0 Å². The molecule has 0 aliphatic carbocycles. The van der Waals surface area contributed by atoms with Crippen LogP contribution < -0.4 is 0 Å². The van der Waals surface area contributed by atoms with Crippen LogP contribution in [0.3, 0.4) is 0 Å². The molecule has 0 aromatic carbocycles. The number of rotatable bonds is 8. The zero-order valence-electron chi connectivity index (χ0n) is 13.6. The Hall–Kier alpha value is -1.45. The summed E-state index contributed by atoms with van der Waals surface area (Å²) in [5, 5.41) is 8.61. The first-order valence-electron chi connectivity index (χ1n) is 7.85. The van der Waals surface area contributed by atoms with Crippen molar-refractivity contribution >= 4 is 33.2 Å². The summed E-state index contributed by atoms with van der Waals surface area (Å²) < 4.78 is 26.7. The highest BCUT2D eigenvalue weighted by Gasteiger charge is 2.28. The largest absolute Gasteiger partial charge is 0.481 e. The second-order valence-corrected chi connectivity index (χ2v) is 9.15. The second kappa shape index (κ2) is 8.09. The van der Waals surface area contributed by atoms with Crippen LogP contribution in [0.5, 0.6) is 0 Å². The maximum Gasteiger partial charge on any atom is 0.303 e. The predicted molar refractivity (Wildman–Crippen MR) is 90.5 cm³/mol. The minimum atomic E-state index is -3.44. The Kier molecular flexibility index (Phi) is 6.36. The number of aliphatic carboxylic acids is 1. The number of sulfonamides is 1. The van der Waals surface area contributed by atoms with E-state index in [9.17, 15) is 18.0 Å². The highest BCUT2D eigenvalue weighted by Crippen LogP contribution is 2.27.